The summed E-state index contributed by atoms with van der Waals surface area (Å²) < 4.78 is 17.1. The molecule has 0 aliphatic carbocycles. The molecule has 0 unspecified atom stereocenters. The van der Waals surface area contributed by atoms with Gasteiger partial charge in [-0.25, -0.2) is 4.39 Å². The third-order valence-electron chi connectivity index (χ3n) is 5.66. The van der Waals surface area contributed by atoms with Crippen LogP contribution in [-0.2, 0) is 0 Å². The first-order chi connectivity index (χ1) is 15.6. The van der Waals surface area contributed by atoms with Crippen molar-refractivity contribution in [2.45, 2.75) is 0 Å². The second-order valence-corrected chi connectivity index (χ2v) is 8.27. The Morgan fingerprint density at radius 3 is 2.62 bits per heavy atom. The largest absolute Gasteiger partial charge is 0.321 e. The number of pyridine rings is 3. The molecule has 2 aromatic carbocycles. The van der Waals surface area contributed by atoms with Crippen molar-refractivity contribution in [1.29, 1.82) is 0 Å². The van der Waals surface area contributed by atoms with E-state index in [4.69, 9.17) is 0 Å². The van der Waals surface area contributed by atoms with Gasteiger partial charge in [-0.05, 0) is 18.2 Å². The lowest BCUT2D eigenvalue weighted by Crippen LogP contribution is -2.37. The summed E-state index contributed by atoms with van der Waals surface area (Å²) in [6.07, 6.45) is 8.66. The average Bonchev–Trinajstić information content (AvgIpc) is 3.31. The molecule has 6 aromatic rings. The normalized spacial score (nSPS) is 11.6. The number of hydrogen-bond donors (Lipinski definition) is 2. The van der Waals surface area contributed by atoms with E-state index in [0.29, 0.717) is 33.2 Å². The molecule has 0 atom stereocenters. The standard InChI is InChI=1S/C24H13BrFN5O/c25-18-10-15-20(13-4-5-19(26)22-17(13)12-28-30-22)23(31-8-2-1-3-9-31)24(32)29-21(15)14-6-7-27-11-16(14)18/h1-12H,(H-,28,29,30,32)/p+1. The minimum absolute atomic E-state index is 0.259. The summed E-state index contributed by atoms with van der Waals surface area (Å²) in [5.74, 6) is -0.401. The van der Waals surface area contributed by atoms with Crippen molar-refractivity contribution in [2.24, 2.45) is 0 Å². The van der Waals surface area contributed by atoms with E-state index in [0.717, 1.165) is 20.6 Å². The van der Waals surface area contributed by atoms with Crippen molar-refractivity contribution in [3.05, 3.63) is 94.1 Å². The highest BCUT2D eigenvalue weighted by molar-refractivity contribution is 9.10. The quantitative estimate of drug-likeness (QED) is 0.272. The molecule has 0 aliphatic heterocycles. The molecule has 4 heterocycles. The summed E-state index contributed by atoms with van der Waals surface area (Å²) in [7, 11) is 0. The van der Waals surface area contributed by atoms with Gasteiger partial charge < -0.3 is 4.98 Å². The number of rotatable bonds is 2. The Morgan fingerprint density at radius 1 is 0.938 bits per heavy atom. The summed E-state index contributed by atoms with van der Waals surface area (Å²) in [6, 6.07) is 12.5. The number of benzene rings is 2. The van der Waals surface area contributed by atoms with Crippen LogP contribution in [0.1, 0.15) is 0 Å². The summed E-state index contributed by atoms with van der Waals surface area (Å²) in [4.78, 5) is 20.8. The van der Waals surface area contributed by atoms with E-state index < -0.39 is 5.82 Å². The summed E-state index contributed by atoms with van der Waals surface area (Å²) >= 11 is 3.66. The highest BCUT2D eigenvalue weighted by atomic mass is 79.9. The summed E-state index contributed by atoms with van der Waals surface area (Å²) in [5.41, 5.74) is 2.55. The van der Waals surface area contributed by atoms with E-state index in [2.05, 4.69) is 36.1 Å². The Labute approximate surface area is 188 Å². The van der Waals surface area contributed by atoms with Gasteiger partial charge in [0.1, 0.15) is 11.3 Å². The number of halogens is 2. The average molecular weight is 487 g/mol. The smallest absolute Gasteiger partial charge is 0.316 e. The van der Waals surface area contributed by atoms with Crippen molar-refractivity contribution in [3.63, 3.8) is 0 Å². The first kappa shape index (κ1) is 18.8. The van der Waals surface area contributed by atoms with E-state index in [9.17, 15) is 9.18 Å². The van der Waals surface area contributed by atoms with Gasteiger partial charge >= 0.3 is 5.56 Å². The molecule has 32 heavy (non-hydrogen) atoms. The summed E-state index contributed by atoms with van der Waals surface area (Å²) in [5, 5.41) is 9.93. The van der Waals surface area contributed by atoms with Crippen molar-refractivity contribution in [3.8, 4) is 16.8 Å². The minimum atomic E-state index is -0.401. The van der Waals surface area contributed by atoms with Crippen LogP contribution in [0.25, 0.3) is 49.4 Å². The predicted octanol–water partition coefficient (Wildman–Crippen LogP) is 4.80. The molecule has 4 aromatic heterocycles. The Balaban J connectivity index is 1.88. The van der Waals surface area contributed by atoms with Gasteiger partial charge in [-0.3, -0.25) is 14.9 Å². The molecular weight excluding hydrogens is 473 g/mol. The molecule has 154 valence electrons. The second kappa shape index (κ2) is 7.06. The molecule has 0 amide bonds. The fourth-order valence-corrected chi connectivity index (χ4v) is 4.80. The van der Waals surface area contributed by atoms with Crippen molar-refractivity contribution in [2.75, 3.05) is 0 Å². The van der Waals surface area contributed by atoms with Crippen LogP contribution in [0, 0.1) is 5.82 Å². The number of fused-ring (bicyclic) bond motifs is 4. The zero-order valence-corrected chi connectivity index (χ0v) is 18.0. The van der Waals surface area contributed by atoms with E-state index in [1.54, 1.807) is 29.2 Å². The Kier molecular flexibility index (Phi) is 4.16. The molecule has 0 bridgehead atoms. The third-order valence-corrected chi connectivity index (χ3v) is 6.31. The van der Waals surface area contributed by atoms with Crippen LogP contribution in [0.5, 0.6) is 0 Å². The number of aromatic nitrogens is 5. The topological polar surface area (TPSA) is 78.3 Å². The maximum Gasteiger partial charge on any atom is 0.321 e. The Hall–Kier alpha value is -3.91. The number of H-pyrrole nitrogens is 2. The highest BCUT2D eigenvalue weighted by Gasteiger charge is 2.26. The van der Waals surface area contributed by atoms with Crippen LogP contribution in [0.4, 0.5) is 4.39 Å². The van der Waals surface area contributed by atoms with Gasteiger partial charge in [0.25, 0.3) is 5.69 Å². The van der Waals surface area contributed by atoms with Crippen molar-refractivity contribution >= 4 is 48.5 Å². The zero-order valence-electron chi connectivity index (χ0n) is 16.4. The van der Waals surface area contributed by atoms with Gasteiger partial charge in [0.2, 0.25) is 0 Å². The monoisotopic (exact) mass is 486 g/mol. The molecule has 0 saturated carbocycles. The van der Waals surface area contributed by atoms with Crippen LogP contribution < -0.4 is 10.1 Å². The van der Waals surface area contributed by atoms with Gasteiger partial charge in [0.15, 0.2) is 12.4 Å². The maximum absolute atomic E-state index is 14.4. The van der Waals surface area contributed by atoms with Crippen molar-refractivity contribution < 1.29 is 8.96 Å². The van der Waals surface area contributed by atoms with Gasteiger partial charge in [-0.1, -0.05) is 28.1 Å². The summed E-state index contributed by atoms with van der Waals surface area (Å²) in [6.45, 7) is 0. The minimum Gasteiger partial charge on any atom is -0.316 e. The molecule has 6 nitrogen and oxygen atoms in total. The predicted molar refractivity (Wildman–Crippen MR) is 124 cm³/mol. The lowest BCUT2D eigenvalue weighted by Gasteiger charge is -2.13. The van der Waals surface area contributed by atoms with Crippen LogP contribution >= 0.6 is 15.9 Å². The zero-order chi connectivity index (χ0) is 21.8. The van der Waals surface area contributed by atoms with E-state index in [1.807, 2.05) is 42.7 Å². The Bertz CT molecular complexity index is 1730. The molecule has 0 radical (unpaired) electrons. The van der Waals surface area contributed by atoms with E-state index >= 15 is 0 Å². The fourth-order valence-electron chi connectivity index (χ4n) is 4.26. The Morgan fingerprint density at radius 2 is 1.78 bits per heavy atom. The van der Waals surface area contributed by atoms with Crippen LogP contribution in [0.15, 0.2) is 82.7 Å². The van der Waals surface area contributed by atoms with Gasteiger partial charge in [0, 0.05) is 56.1 Å². The number of aromatic amines is 2. The molecule has 0 saturated heterocycles. The third kappa shape index (κ3) is 2.69. The van der Waals surface area contributed by atoms with Gasteiger partial charge in [-0.2, -0.15) is 9.67 Å². The molecule has 6 rings (SSSR count). The van der Waals surface area contributed by atoms with E-state index in [-0.39, 0.29) is 5.56 Å². The SMILES string of the molecule is O=c1[nH]c2c(cc(Br)c3cnccc32)c(-c2ccc(F)c3[nH]ncc23)c1-[n+]1ccccc1. The highest BCUT2D eigenvalue weighted by Crippen LogP contribution is 2.39. The molecule has 2 N–H and O–H groups in total. The van der Waals surface area contributed by atoms with Crippen LogP contribution in [0.2, 0.25) is 0 Å². The maximum atomic E-state index is 14.4. The van der Waals surface area contributed by atoms with Crippen LogP contribution in [-0.4, -0.2) is 20.2 Å². The molecule has 0 fully saturated rings. The molecular formula is C24H14BrFN5O+. The molecule has 0 spiro atoms. The van der Waals surface area contributed by atoms with Crippen molar-refractivity contribution in [1.82, 2.24) is 20.2 Å². The first-order valence-corrected chi connectivity index (χ1v) is 10.6. The van der Waals surface area contributed by atoms with E-state index in [1.165, 1.54) is 6.07 Å². The first-order valence-electron chi connectivity index (χ1n) is 9.84. The van der Waals surface area contributed by atoms with Crippen LogP contribution in [0.3, 0.4) is 0 Å². The molecule has 0 aliphatic rings. The van der Waals surface area contributed by atoms with Gasteiger partial charge in [-0.15, -0.1) is 0 Å². The second-order valence-electron chi connectivity index (χ2n) is 7.42. The lowest BCUT2D eigenvalue weighted by molar-refractivity contribution is -0.596. The lowest BCUT2D eigenvalue weighted by atomic mass is 9.94. The number of nitrogens with zero attached hydrogens (tertiary/aromatic N) is 3. The number of hydrogen-bond acceptors (Lipinski definition) is 3. The number of nitrogens with one attached hydrogen (secondary N) is 2. The molecule has 8 heteroatoms. The fraction of sp³-hybridized carbons (Fsp3) is 0. The van der Waals surface area contributed by atoms with Gasteiger partial charge in [0.05, 0.1) is 17.3 Å².